The number of fused-ring (bicyclic) bond motifs is 1. The van der Waals surface area contributed by atoms with Gasteiger partial charge in [0.05, 0.1) is 31.6 Å². The van der Waals surface area contributed by atoms with Crippen LogP contribution in [0.1, 0.15) is 35.3 Å². The summed E-state index contributed by atoms with van der Waals surface area (Å²) in [5.74, 6) is 1.45. The second-order valence-corrected chi connectivity index (χ2v) is 8.49. The summed E-state index contributed by atoms with van der Waals surface area (Å²) < 4.78 is 18.3. The Balaban J connectivity index is 1.52. The van der Waals surface area contributed by atoms with Crippen LogP contribution in [0.2, 0.25) is 0 Å². The van der Waals surface area contributed by atoms with Crippen molar-refractivity contribution in [2.45, 2.75) is 33.7 Å². The molecular weight excluding hydrogens is 444 g/mol. The van der Waals surface area contributed by atoms with Crippen molar-refractivity contribution in [3.05, 3.63) is 70.9 Å². The number of carbonyl (C=O) groups is 1. The van der Waals surface area contributed by atoms with E-state index in [0.29, 0.717) is 23.0 Å². The smallest absolute Gasteiger partial charge is 0.258 e. The molecule has 0 spiro atoms. The van der Waals surface area contributed by atoms with Gasteiger partial charge in [-0.05, 0) is 63.6 Å². The summed E-state index contributed by atoms with van der Waals surface area (Å²) in [7, 11) is 3.19. The Hall–Kier alpha value is -4.07. The van der Waals surface area contributed by atoms with Gasteiger partial charge in [-0.25, -0.2) is 4.68 Å². The number of nitrogens with zero attached hydrogens (tertiary/aromatic N) is 3. The number of rotatable bonds is 8. The average Bonchev–Trinajstić information content (AvgIpc) is 3.19. The molecule has 1 N–H and O–H groups in total. The van der Waals surface area contributed by atoms with E-state index in [1.807, 2.05) is 76.2 Å². The van der Waals surface area contributed by atoms with Crippen LogP contribution in [0.5, 0.6) is 17.4 Å². The minimum Gasteiger partial charge on any atom is -0.497 e. The fourth-order valence-electron chi connectivity index (χ4n) is 4.09. The van der Waals surface area contributed by atoms with Gasteiger partial charge in [0.2, 0.25) is 5.88 Å². The minimum atomic E-state index is -0.307. The number of hydrogen-bond donors (Lipinski definition) is 1. The molecule has 0 aliphatic carbocycles. The quantitative estimate of drug-likeness (QED) is 0.401. The lowest BCUT2D eigenvalue weighted by atomic mass is 10.1. The number of methoxy groups -OCH3 is 2. The summed E-state index contributed by atoms with van der Waals surface area (Å²) in [4.78, 5) is 17.4. The van der Waals surface area contributed by atoms with Crippen molar-refractivity contribution in [1.82, 2.24) is 20.1 Å². The van der Waals surface area contributed by atoms with Crippen molar-refractivity contribution in [3.63, 3.8) is 0 Å². The van der Waals surface area contributed by atoms with Gasteiger partial charge in [-0.3, -0.25) is 4.79 Å². The van der Waals surface area contributed by atoms with E-state index in [2.05, 4.69) is 15.4 Å². The number of benzene rings is 2. The molecule has 1 amide bonds. The molecular formula is C27H30N4O4. The molecule has 35 heavy (non-hydrogen) atoms. The van der Waals surface area contributed by atoms with Gasteiger partial charge in [0.25, 0.3) is 5.91 Å². The van der Waals surface area contributed by atoms with Gasteiger partial charge >= 0.3 is 0 Å². The topological polar surface area (TPSA) is 87.5 Å². The predicted molar refractivity (Wildman–Crippen MR) is 135 cm³/mol. The van der Waals surface area contributed by atoms with Crippen LogP contribution in [0, 0.1) is 20.8 Å². The fraction of sp³-hybridized carbons (Fsp3) is 0.296. The Morgan fingerprint density at radius 2 is 1.77 bits per heavy atom. The highest BCUT2D eigenvalue weighted by molar-refractivity contribution is 5.84. The third-order valence-corrected chi connectivity index (χ3v) is 5.90. The molecule has 2 aromatic heterocycles. The van der Waals surface area contributed by atoms with E-state index in [0.717, 1.165) is 27.9 Å². The molecule has 2 aromatic carbocycles. The molecule has 0 aliphatic heterocycles. The number of pyridine rings is 1. The first-order valence-corrected chi connectivity index (χ1v) is 11.4. The molecule has 0 radical (unpaired) electrons. The molecule has 2 heterocycles. The number of ether oxygens (including phenoxy) is 3. The van der Waals surface area contributed by atoms with Crippen molar-refractivity contribution in [2.75, 3.05) is 20.8 Å². The van der Waals surface area contributed by atoms with E-state index in [1.54, 1.807) is 18.9 Å². The Labute approximate surface area is 204 Å². The van der Waals surface area contributed by atoms with Crippen molar-refractivity contribution < 1.29 is 19.0 Å². The van der Waals surface area contributed by atoms with E-state index in [1.165, 1.54) is 5.56 Å². The Morgan fingerprint density at radius 1 is 1.03 bits per heavy atom. The van der Waals surface area contributed by atoms with Crippen molar-refractivity contribution in [1.29, 1.82) is 0 Å². The SMILES string of the molecule is COc1ccc(OC)c(C(C)NC(=O)COc2cc(C)c3c(C)nn(-c4ccc(C)cc4)c3n2)c1. The first kappa shape index (κ1) is 24.1. The lowest BCUT2D eigenvalue weighted by molar-refractivity contribution is -0.123. The first-order chi connectivity index (χ1) is 16.8. The third kappa shape index (κ3) is 5.06. The van der Waals surface area contributed by atoms with Gasteiger partial charge in [-0.2, -0.15) is 10.1 Å². The zero-order chi connectivity index (χ0) is 25.1. The van der Waals surface area contributed by atoms with Gasteiger partial charge in [0.1, 0.15) is 11.5 Å². The largest absolute Gasteiger partial charge is 0.497 e. The Kier molecular flexibility index (Phi) is 6.91. The molecule has 0 saturated carbocycles. The maximum Gasteiger partial charge on any atom is 0.258 e. The van der Waals surface area contributed by atoms with Crippen LogP contribution in [0.3, 0.4) is 0 Å². The van der Waals surface area contributed by atoms with E-state index in [4.69, 9.17) is 14.2 Å². The predicted octanol–water partition coefficient (Wildman–Crippen LogP) is 4.62. The zero-order valence-corrected chi connectivity index (χ0v) is 20.9. The summed E-state index contributed by atoms with van der Waals surface area (Å²) in [6.45, 7) is 7.70. The maximum atomic E-state index is 12.7. The van der Waals surface area contributed by atoms with Crippen molar-refractivity contribution in [2.24, 2.45) is 0 Å². The molecule has 8 heteroatoms. The number of amides is 1. The van der Waals surface area contributed by atoms with Gasteiger partial charge < -0.3 is 19.5 Å². The maximum absolute atomic E-state index is 12.7. The van der Waals surface area contributed by atoms with E-state index >= 15 is 0 Å². The average molecular weight is 475 g/mol. The fourth-order valence-corrected chi connectivity index (χ4v) is 4.09. The van der Waals surface area contributed by atoms with Crippen molar-refractivity contribution in [3.8, 4) is 23.1 Å². The van der Waals surface area contributed by atoms with Crippen LogP contribution >= 0.6 is 0 Å². The lowest BCUT2D eigenvalue weighted by Gasteiger charge is -2.18. The lowest BCUT2D eigenvalue weighted by Crippen LogP contribution is -2.31. The van der Waals surface area contributed by atoms with Gasteiger partial charge in [0.15, 0.2) is 12.3 Å². The van der Waals surface area contributed by atoms with Gasteiger partial charge in [-0.1, -0.05) is 17.7 Å². The minimum absolute atomic E-state index is 0.174. The molecule has 8 nitrogen and oxygen atoms in total. The Morgan fingerprint density at radius 3 is 2.46 bits per heavy atom. The van der Waals surface area contributed by atoms with Crippen LogP contribution in [0.25, 0.3) is 16.7 Å². The number of aromatic nitrogens is 3. The van der Waals surface area contributed by atoms with Crippen LogP contribution in [0.15, 0.2) is 48.5 Å². The number of aryl methyl sites for hydroxylation is 3. The van der Waals surface area contributed by atoms with Gasteiger partial charge in [-0.15, -0.1) is 0 Å². The number of hydrogen-bond acceptors (Lipinski definition) is 6. The van der Waals surface area contributed by atoms with Crippen molar-refractivity contribution >= 4 is 16.9 Å². The molecule has 0 fully saturated rings. The normalized spacial score (nSPS) is 11.8. The molecule has 1 unspecified atom stereocenters. The molecule has 4 aromatic rings. The number of carbonyl (C=O) groups excluding carboxylic acids is 1. The second-order valence-electron chi connectivity index (χ2n) is 8.49. The highest BCUT2D eigenvalue weighted by Crippen LogP contribution is 2.29. The molecule has 0 saturated heterocycles. The van der Waals surface area contributed by atoms with Crippen LogP contribution in [0.4, 0.5) is 0 Å². The van der Waals surface area contributed by atoms with Gasteiger partial charge in [0, 0.05) is 17.0 Å². The van der Waals surface area contributed by atoms with E-state index in [-0.39, 0.29) is 18.6 Å². The summed E-state index contributed by atoms with van der Waals surface area (Å²) in [5.41, 5.74) is 5.45. The summed E-state index contributed by atoms with van der Waals surface area (Å²) in [6, 6.07) is 15.1. The Bertz CT molecular complexity index is 1360. The molecule has 0 aliphatic rings. The summed E-state index contributed by atoms with van der Waals surface area (Å²) in [6.07, 6.45) is 0. The first-order valence-electron chi connectivity index (χ1n) is 11.4. The third-order valence-electron chi connectivity index (χ3n) is 5.90. The molecule has 1 atom stereocenters. The van der Waals surface area contributed by atoms with E-state index in [9.17, 15) is 4.79 Å². The zero-order valence-electron chi connectivity index (χ0n) is 20.9. The highest BCUT2D eigenvalue weighted by atomic mass is 16.5. The standard InChI is InChI=1S/C27H30N4O4/c1-16-7-9-20(10-8-16)31-27-26(19(4)30-31)17(2)13-25(29-27)35-15-24(32)28-18(3)22-14-21(33-5)11-12-23(22)34-6/h7-14,18H,15H2,1-6H3,(H,28,32). The molecule has 0 bridgehead atoms. The second kappa shape index (κ2) is 10.0. The monoisotopic (exact) mass is 474 g/mol. The number of nitrogens with one attached hydrogen (secondary N) is 1. The van der Waals surface area contributed by atoms with Crippen LogP contribution in [-0.4, -0.2) is 41.5 Å². The molecule has 4 rings (SSSR count). The van der Waals surface area contributed by atoms with Crippen LogP contribution in [-0.2, 0) is 4.79 Å². The van der Waals surface area contributed by atoms with Crippen LogP contribution < -0.4 is 19.5 Å². The van der Waals surface area contributed by atoms with E-state index < -0.39 is 0 Å². The summed E-state index contributed by atoms with van der Waals surface area (Å²) >= 11 is 0. The highest BCUT2D eigenvalue weighted by Gasteiger charge is 2.18. The molecule has 182 valence electrons. The summed E-state index contributed by atoms with van der Waals surface area (Å²) in [5, 5.41) is 8.61.